The summed E-state index contributed by atoms with van der Waals surface area (Å²) in [6, 6.07) is 12.0. The van der Waals surface area contributed by atoms with Gasteiger partial charge in [-0.05, 0) is 42.5 Å². The number of ketones is 1. The summed E-state index contributed by atoms with van der Waals surface area (Å²) in [5.41, 5.74) is 1.68. The van der Waals surface area contributed by atoms with E-state index < -0.39 is 0 Å². The maximum atomic E-state index is 12.6. The summed E-state index contributed by atoms with van der Waals surface area (Å²) in [6.07, 6.45) is 1.62. The minimum absolute atomic E-state index is 0.0344. The molecule has 8 heteroatoms. The molecule has 0 aromatic heterocycles. The largest absolute Gasteiger partial charge is 0.497 e. The minimum Gasteiger partial charge on any atom is -0.497 e. The van der Waals surface area contributed by atoms with Gasteiger partial charge in [0.2, 0.25) is 5.91 Å². The van der Waals surface area contributed by atoms with E-state index in [2.05, 4.69) is 11.9 Å². The summed E-state index contributed by atoms with van der Waals surface area (Å²) in [5.74, 6) is 1.04. The Bertz CT molecular complexity index is 959. The fourth-order valence-electron chi connectivity index (χ4n) is 2.90. The number of hydrogen-bond acceptors (Lipinski definition) is 6. The molecule has 7 nitrogen and oxygen atoms in total. The quantitative estimate of drug-likeness (QED) is 0.490. The highest BCUT2D eigenvalue weighted by atomic mass is 32.2. The molecule has 0 aliphatic carbocycles. The van der Waals surface area contributed by atoms with E-state index in [0.717, 1.165) is 0 Å². The molecule has 0 atom stereocenters. The van der Waals surface area contributed by atoms with Crippen LogP contribution in [-0.4, -0.2) is 49.4 Å². The smallest absolute Gasteiger partial charge is 0.265 e. The highest BCUT2D eigenvalue weighted by molar-refractivity contribution is 8.00. The van der Waals surface area contributed by atoms with Crippen LogP contribution >= 0.6 is 11.8 Å². The van der Waals surface area contributed by atoms with Gasteiger partial charge in [0.05, 0.1) is 24.3 Å². The zero-order valence-corrected chi connectivity index (χ0v) is 17.4. The van der Waals surface area contributed by atoms with Crippen molar-refractivity contribution in [2.75, 3.05) is 42.0 Å². The van der Waals surface area contributed by atoms with Gasteiger partial charge >= 0.3 is 0 Å². The third-order valence-electron chi connectivity index (χ3n) is 4.38. The first-order valence-corrected chi connectivity index (χ1v) is 10.4. The second-order valence-corrected chi connectivity index (χ2v) is 7.44. The Balaban J connectivity index is 1.55. The number of amides is 2. The van der Waals surface area contributed by atoms with E-state index in [4.69, 9.17) is 9.47 Å². The Kier molecular flexibility index (Phi) is 7.13. The number of fused-ring (bicyclic) bond motifs is 1. The molecule has 0 unspecified atom stereocenters. The number of methoxy groups -OCH3 is 1. The summed E-state index contributed by atoms with van der Waals surface area (Å²) in [5, 5.41) is 2.78. The molecule has 30 heavy (non-hydrogen) atoms. The predicted molar refractivity (Wildman–Crippen MR) is 118 cm³/mol. The Morgan fingerprint density at radius 1 is 1.23 bits per heavy atom. The molecule has 1 N–H and O–H groups in total. The van der Waals surface area contributed by atoms with E-state index in [-0.39, 0.29) is 35.7 Å². The van der Waals surface area contributed by atoms with Gasteiger partial charge in [0, 0.05) is 17.8 Å². The highest BCUT2D eigenvalue weighted by Crippen LogP contribution is 2.33. The van der Waals surface area contributed by atoms with Gasteiger partial charge in [-0.2, -0.15) is 0 Å². The van der Waals surface area contributed by atoms with Crippen LogP contribution in [0.4, 0.5) is 11.4 Å². The van der Waals surface area contributed by atoms with Crippen molar-refractivity contribution in [2.24, 2.45) is 0 Å². The summed E-state index contributed by atoms with van der Waals surface area (Å²) in [6.45, 7) is 3.97. The molecule has 0 saturated heterocycles. The number of nitrogens with one attached hydrogen (secondary N) is 1. The molecule has 0 spiro atoms. The van der Waals surface area contributed by atoms with Gasteiger partial charge in [0.1, 0.15) is 11.5 Å². The summed E-state index contributed by atoms with van der Waals surface area (Å²) in [7, 11) is 1.58. The lowest BCUT2D eigenvalue weighted by Gasteiger charge is -2.28. The highest BCUT2D eigenvalue weighted by Gasteiger charge is 2.25. The average Bonchev–Trinajstić information content (AvgIpc) is 2.76. The molecule has 1 aliphatic heterocycles. The molecule has 156 valence electrons. The van der Waals surface area contributed by atoms with Crippen molar-refractivity contribution in [3.05, 3.63) is 60.7 Å². The monoisotopic (exact) mass is 426 g/mol. The summed E-state index contributed by atoms with van der Waals surface area (Å²) < 4.78 is 10.5. The van der Waals surface area contributed by atoms with Gasteiger partial charge in [0.15, 0.2) is 12.4 Å². The van der Waals surface area contributed by atoms with Crippen LogP contribution in [0.2, 0.25) is 0 Å². The van der Waals surface area contributed by atoms with Crippen molar-refractivity contribution in [1.82, 2.24) is 0 Å². The van der Waals surface area contributed by atoms with Crippen LogP contribution in [0.5, 0.6) is 11.5 Å². The van der Waals surface area contributed by atoms with Gasteiger partial charge < -0.3 is 19.7 Å². The molecule has 0 saturated carbocycles. The Morgan fingerprint density at radius 2 is 2.00 bits per heavy atom. The fraction of sp³-hybridized carbons (Fsp3) is 0.227. The fourth-order valence-corrected chi connectivity index (χ4v) is 3.61. The average molecular weight is 426 g/mol. The van der Waals surface area contributed by atoms with E-state index in [0.29, 0.717) is 35.0 Å². The van der Waals surface area contributed by atoms with Gasteiger partial charge in [0.25, 0.3) is 5.91 Å². The Hall–Kier alpha value is -3.26. The lowest BCUT2D eigenvalue weighted by molar-refractivity contribution is -0.121. The molecule has 0 bridgehead atoms. The Morgan fingerprint density at radius 3 is 2.70 bits per heavy atom. The number of nitrogens with zero attached hydrogens (tertiary/aromatic N) is 1. The van der Waals surface area contributed by atoms with Crippen LogP contribution in [0.3, 0.4) is 0 Å². The number of benzene rings is 2. The van der Waals surface area contributed by atoms with Crippen LogP contribution in [0.15, 0.2) is 55.1 Å². The standard InChI is InChI=1S/C22H22N2O5S/c1-3-10-24-18-11-15(4-9-20(18)29-12-22(24)27)19(25)13-30-14-21(26)23-16-5-7-17(28-2)8-6-16/h3-9,11H,1,10,12-14H2,2H3,(H,23,26). The van der Waals surface area contributed by atoms with Crippen molar-refractivity contribution in [3.63, 3.8) is 0 Å². The van der Waals surface area contributed by atoms with Crippen LogP contribution in [0.25, 0.3) is 0 Å². The summed E-state index contributed by atoms with van der Waals surface area (Å²) >= 11 is 1.23. The predicted octanol–water partition coefficient (Wildman–Crippen LogP) is 3.16. The van der Waals surface area contributed by atoms with E-state index in [1.54, 1.807) is 55.7 Å². The number of thioether (sulfide) groups is 1. The van der Waals surface area contributed by atoms with E-state index in [1.165, 1.54) is 16.7 Å². The second kappa shape index (κ2) is 9.98. The SMILES string of the molecule is C=CCN1C(=O)COc2ccc(C(=O)CSCC(=O)Nc3ccc(OC)cc3)cc21. The first kappa shape index (κ1) is 21.4. The zero-order chi connectivity index (χ0) is 21.5. The third-order valence-corrected chi connectivity index (χ3v) is 5.31. The second-order valence-electron chi connectivity index (χ2n) is 6.46. The van der Waals surface area contributed by atoms with Crippen LogP contribution in [0, 0.1) is 0 Å². The van der Waals surface area contributed by atoms with E-state index >= 15 is 0 Å². The molecular weight excluding hydrogens is 404 g/mol. The van der Waals surface area contributed by atoms with Crippen molar-refractivity contribution in [2.45, 2.75) is 0 Å². The number of carbonyl (C=O) groups is 3. The van der Waals surface area contributed by atoms with Crippen molar-refractivity contribution in [3.8, 4) is 11.5 Å². The van der Waals surface area contributed by atoms with Crippen molar-refractivity contribution < 1.29 is 23.9 Å². The minimum atomic E-state index is -0.195. The van der Waals surface area contributed by atoms with Gasteiger partial charge in [-0.25, -0.2) is 0 Å². The zero-order valence-electron chi connectivity index (χ0n) is 16.6. The van der Waals surface area contributed by atoms with E-state index in [9.17, 15) is 14.4 Å². The normalized spacial score (nSPS) is 12.6. The maximum Gasteiger partial charge on any atom is 0.265 e. The van der Waals surface area contributed by atoms with E-state index in [1.807, 2.05) is 0 Å². The van der Waals surface area contributed by atoms with Crippen LogP contribution < -0.4 is 19.7 Å². The number of anilines is 2. The van der Waals surface area contributed by atoms with Crippen LogP contribution in [0.1, 0.15) is 10.4 Å². The molecule has 2 amide bonds. The molecule has 0 fully saturated rings. The number of carbonyl (C=O) groups excluding carboxylic acids is 3. The molecule has 3 rings (SSSR count). The molecule has 2 aromatic carbocycles. The molecule has 2 aromatic rings. The van der Waals surface area contributed by atoms with Crippen molar-refractivity contribution in [1.29, 1.82) is 0 Å². The molecular formula is C22H22N2O5S. The lowest BCUT2D eigenvalue weighted by Crippen LogP contribution is -2.38. The van der Waals surface area contributed by atoms with Gasteiger partial charge in [-0.3, -0.25) is 14.4 Å². The lowest BCUT2D eigenvalue weighted by atomic mass is 10.1. The summed E-state index contributed by atoms with van der Waals surface area (Å²) in [4.78, 5) is 38.3. The first-order chi connectivity index (χ1) is 14.5. The first-order valence-electron chi connectivity index (χ1n) is 9.24. The topological polar surface area (TPSA) is 84.9 Å². The number of Topliss-reactive ketones (excluding diaryl/α,β-unsaturated/α-hetero) is 1. The van der Waals surface area contributed by atoms with Crippen molar-refractivity contribution >= 4 is 40.7 Å². The Labute approximate surface area is 179 Å². The van der Waals surface area contributed by atoms with Gasteiger partial charge in [-0.15, -0.1) is 18.3 Å². The number of rotatable bonds is 9. The number of ether oxygens (including phenoxy) is 2. The maximum absolute atomic E-state index is 12.6. The molecule has 0 radical (unpaired) electrons. The molecule has 1 heterocycles. The molecule has 1 aliphatic rings. The number of hydrogen-bond donors (Lipinski definition) is 1. The van der Waals surface area contributed by atoms with Gasteiger partial charge in [-0.1, -0.05) is 6.08 Å². The third kappa shape index (κ3) is 5.21. The van der Waals surface area contributed by atoms with Crippen LogP contribution in [-0.2, 0) is 9.59 Å².